The van der Waals surface area contributed by atoms with Crippen molar-refractivity contribution >= 4 is 7.82 Å². The van der Waals surface area contributed by atoms with E-state index in [9.17, 15) is 14.4 Å². The van der Waals surface area contributed by atoms with E-state index in [-0.39, 0.29) is 103 Å². The van der Waals surface area contributed by atoms with Crippen molar-refractivity contribution in [1.29, 1.82) is 0 Å². The minimum atomic E-state index is -4.90. The Balaban J connectivity index is -0.000000605. The van der Waals surface area contributed by atoms with Crippen LogP contribution in [0.15, 0.2) is 0 Å². The Labute approximate surface area is 170 Å². The summed E-state index contributed by atoms with van der Waals surface area (Å²) in [5, 5.41) is 0. The normalized spacial score (nSPS) is 15.4. The van der Waals surface area contributed by atoms with Gasteiger partial charge in [0.25, 0.3) is 0 Å². The first kappa shape index (κ1) is 22.5. The zero-order valence-corrected chi connectivity index (χ0v) is 16.9. The summed E-state index contributed by atoms with van der Waals surface area (Å²) in [7, 11) is -1.60. The summed E-state index contributed by atoms with van der Waals surface area (Å²) in [4.78, 5) is 22.2. The number of phosphoric acid groups is 1. The first-order chi connectivity index (χ1) is 5.21. The van der Waals surface area contributed by atoms with Crippen LogP contribution in [-0.2, 0) is 9.09 Å². The van der Waals surface area contributed by atoms with Crippen molar-refractivity contribution in [3.63, 3.8) is 0 Å². The largest absolute Gasteiger partial charge is 1.00 e. The van der Waals surface area contributed by atoms with Gasteiger partial charge in [0.05, 0.1) is 7.82 Å². The van der Waals surface area contributed by atoms with Crippen LogP contribution in [0.25, 0.3) is 0 Å². The molecule has 0 rings (SSSR count). The first-order valence-electron chi connectivity index (χ1n) is 3.61. The number of hydrogen-bond donors (Lipinski definition) is 0. The fraction of sp³-hybridized carbons (Fsp3) is 1.00. The third-order valence-corrected chi connectivity index (χ3v) is 2.53. The molecule has 8 heteroatoms. The summed E-state index contributed by atoms with van der Waals surface area (Å²) in [6, 6.07) is 0. The van der Waals surface area contributed by atoms with Gasteiger partial charge in [-0.3, -0.25) is 4.90 Å². The first-order valence-corrected chi connectivity index (χ1v) is 5.07. The van der Waals surface area contributed by atoms with Gasteiger partial charge in [-0.25, -0.2) is 0 Å². The van der Waals surface area contributed by atoms with Gasteiger partial charge in [0, 0.05) is 0 Å². The molecule has 0 aliphatic carbocycles. The van der Waals surface area contributed by atoms with E-state index in [1.807, 2.05) is 0 Å². The molecule has 1 atom stereocenters. The van der Waals surface area contributed by atoms with E-state index >= 15 is 0 Å². The maximum absolute atomic E-state index is 10.3. The second-order valence-corrected chi connectivity index (χ2v) is 4.04. The smallest absolute Gasteiger partial charge is 0.790 e. The second kappa shape index (κ2) is 9.30. The Morgan fingerprint density at radius 2 is 1.71 bits per heavy atom. The predicted octanol–water partition coefficient (Wildman–Crippen LogP) is -6.47. The number of nitrogens with zero attached hydrogens (tertiary/aromatic N) is 1. The summed E-state index contributed by atoms with van der Waals surface area (Å²) in [5.41, 5.74) is -1.03. The van der Waals surface area contributed by atoms with Gasteiger partial charge in [-0.05, 0) is 27.4 Å². The van der Waals surface area contributed by atoms with E-state index in [4.69, 9.17) is 0 Å². The van der Waals surface area contributed by atoms with Crippen molar-refractivity contribution in [2.75, 3.05) is 14.1 Å². The third-order valence-electron chi connectivity index (χ3n) is 1.91. The molecule has 0 bridgehead atoms. The molecule has 14 heavy (non-hydrogen) atoms. The summed E-state index contributed by atoms with van der Waals surface area (Å²) < 4.78 is 14.7. The van der Waals surface area contributed by atoms with Crippen LogP contribution in [0.3, 0.4) is 0 Å². The monoisotopic (exact) mass is 273 g/mol. The maximum Gasteiger partial charge on any atom is 1.00 e. The van der Waals surface area contributed by atoms with Crippen LogP contribution < -0.4 is 113 Å². The SMILES string of the molecule is CCC(C)(OP(=O)([O-])[O-])N(C)C.[K+].[K+]. The molecule has 0 fully saturated rings. The quantitative estimate of drug-likeness (QED) is 0.289. The summed E-state index contributed by atoms with van der Waals surface area (Å²) >= 11 is 0. The Bertz CT molecular complexity index is 198. The van der Waals surface area contributed by atoms with Gasteiger partial charge in [-0.1, -0.05) is 6.92 Å². The van der Waals surface area contributed by atoms with Crippen LogP contribution in [0.4, 0.5) is 0 Å². The van der Waals surface area contributed by atoms with E-state index in [2.05, 4.69) is 4.52 Å². The van der Waals surface area contributed by atoms with E-state index in [0.29, 0.717) is 6.42 Å². The predicted molar refractivity (Wildman–Crippen MR) is 41.1 cm³/mol. The Morgan fingerprint density at radius 3 is 1.79 bits per heavy atom. The van der Waals surface area contributed by atoms with Crippen molar-refractivity contribution < 1.29 is 122 Å². The standard InChI is InChI=1S/C6H16NO4P.2K/c1-5-6(2,7(3)4)11-12(8,9)10;;/h5H2,1-4H3,(H2,8,9,10);;/q;2*+1/p-2. The van der Waals surface area contributed by atoms with E-state index in [0.717, 1.165) is 0 Å². The molecule has 5 nitrogen and oxygen atoms in total. The minimum absolute atomic E-state index is 0. The molecule has 0 saturated heterocycles. The van der Waals surface area contributed by atoms with Crippen LogP contribution in [-0.4, -0.2) is 24.7 Å². The van der Waals surface area contributed by atoms with Crippen molar-refractivity contribution in [3.8, 4) is 0 Å². The number of phosphoric ester groups is 1. The molecular weight excluding hydrogens is 259 g/mol. The van der Waals surface area contributed by atoms with Gasteiger partial charge in [-0.15, -0.1) is 0 Å². The molecule has 0 amide bonds. The molecule has 0 aliphatic rings. The average molecular weight is 273 g/mol. The molecule has 0 heterocycles. The number of hydrogen-bond acceptors (Lipinski definition) is 5. The van der Waals surface area contributed by atoms with Gasteiger partial charge in [0.2, 0.25) is 0 Å². The van der Waals surface area contributed by atoms with Crippen LogP contribution in [0, 0.1) is 0 Å². The van der Waals surface area contributed by atoms with Crippen molar-refractivity contribution in [1.82, 2.24) is 4.90 Å². The molecule has 0 aromatic rings. The molecule has 74 valence electrons. The molecule has 0 aromatic heterocycles. The van der Waals surface area contributed by atoms with Crippen LogP contribution >= 0.6 is 7.82 Å². The van der Waals surface area contributed by atoms with Gasteiger partial charge >= 0.3 is 103 Å². The van der Waals surface area contributed by atoms with E-state index < -0.39 is 13.5 Å². The summed E-state index contributed by atoms with van der Waals surface area (Å²) in [6.07, 6.45) is 0.425. The zero-order chi connectivity index (χ0) is 9.99. The van der Waals surface area contributed by atoms with Gasteiger partial charge < -0.3 is 18.9 Å². The maximum atomic E-state index is 10.3. The average Bonchev–Trinajstić information content (AvgIpc) is 1.83. The van der Waals surface area contributed by atoms with Gasteiger partial charge in [-0.2, -0.15) is 0 Å². The molecule has 1 unspecified atom stereocenters. The Hall–Kier alpha value is 3.34. The van der Waals surface area contributed by atoms with Crippen LogP contribution in [0.2, 0.25) is 0 Å². The molecule has 0 aliphatic heterocycles. The van der Waals surface area contributed by atoms with Crippen molar-refractivity contribution in [2.45, 2.75) is 26.0 Å². The van der Waals surface area contributed by atoms with Gasteiger partial charge in [0.1, 0.15) is 5.72 Å². The van der Waals surface area contributed by atoms with E-state index in [1.165, 1.54) is 0 Å². The molecule has 0 radical (unpaired) electrons. The fourth-order valence-corrected chi connectivity index (χ4v) is 1.48. The second-order valence-electron chi connectivity index (χ2n) is 2.96. The molecular formula is C6H14K2NO4P. The van der Waals surface area contributed by atoms with Crippen molar-refractivity contribution in [3.05, 3.63) is 0 Å². The van der Waals surface area contributed by atoms with Gasteiger partial charge in [0.15, 0.2) is 0 Å². The summed E-state index contributed by atoms with van der Waals surface area (Å²) in [5.74, 6) is 0. The molecule has 0 spiro atoms. The van der Waals surface area contributed by atoms with E-state index in [1.54, 1.807) is 32.8 Å². The zero-order valence-electron chi connectivity index (χ0n) is 9.73. The van der Waals surface area contributed by atoms with Crippen LogP contribution in [0.5, 0.6) is 0 Å². The molecule has 0 aromatic carbocycles. The van der Waals surface area contributed by atoms with Crippen LogP contribution in [0.1, 0.15) is 20.3 Å². The van der Waals surface area contributed by atoms with Crippen molar-refractivity contribution in [2.24, 2.45) is 0 Å². The third kappa shape index (κ3) is 9.38. The Morgan fingerprint density at radius 1 is 1.36 bits per heavy atom. The molecule has 0 N–H and O–H groups in total. The number of rotatable bonds is 4. The Kier molecular flexibility index (Phi) is 15.0. The minimum Gasteiger partial charge on any atom is -0.790 e. The summed E-state index contributed by atoms with van der Waals surface area (Å²) in [6.45, 7) is 3.30. The molecule has 0 saturated carbocycles. The topological polar surface area (TPSA) is 75.7 Å². The fourth-order valence-electron chi connectivity index (χ4n) is 0.703.